The summed E-state index contributed by atoms with van der Waals surface area (Å²) < 4.78 is 6.13. The predicted molar refractivity (Wildman–Crippen MR) is 104 cm³/mol. The second-order valence-corrected chi connectivity index (χ2v) is 9.63. The summed E-state index contributed by atoms with van der Waals surface area (Å²) in [5.74, 6) is 2.48. The molecule has 140 valence electrons. The van der Waals surface area contributed by atoms with Gasteiger partial charge in [0.25, 0.3) is 0 Å². The molecule has 0 N–H and O–H groups in total. The van der Waals surface area contributed by atoms with Crippen LogP contribution in [0.15, 0.2) is 18.5 Å². The topological polar surface area (TPSA) is 35.0 Å². The molecule has 3 aliphatic carbocycles. The van der Waals surface area contributed by atoms with Gasteiger partial charge in [0.2, 0.25) is 0 Å². The molecule has 3 fully saturated rings. The van der Waals surface area contributed by atoms with Gasteiger partial charge in [-0.1, -0.05) is 26.8 Å². The Labute approximate surface area is 157 Å². The highest BCUT2D eigenvalue weighted by atomic mass is 16.5. The Balaban J connectivity index is 1.46. The van der Waals surface area contributed by atoms with E-state index in [1.165, 1.54) is 44.1 Å². The van der Waals surface area contributed by atoms with E-state index >= 15 is 0 Å². The average Bonchev–Trinajstić information content (AvgIpc) is 3.21. The van der Waals surface area contributed by atoms with Crippen molar-refractivity contribution >= 4 is 5.57 Å². The molecule has 6 atom stereocenters. The van der Waals surface area contributed by atoms with E-state index in [2.05, 4.69) is 31.8 Å². The summed E-state index contributed by atoms with van der Waals surface area (Å²) in [6.45, 7) is 8.20. The van der Waals surface area contributed by atoms with E-state index in [0.717, 1.165) is 42.2 Å². The third-order valence-electron chi connectivity index (χ3n) is 8.65. The largest absolute Gasteiger partial charge is 0.378 e. The highest BCUT2D eigenvalue weighted by Gasteiger charge is 2.59. The summed E-state index contributed by atoms with van der Waals surface area (Å²) in [5, 5.41) is 0. The van der Waals surface area contributed by atoms with Crippen molar-refractivity contribution in [1.82, 2.24) is 9.97 Å². The lowest BCUT2D eigenvalue weighted by Gasteiger charge is -2.56. The first-order chi connectivity index (χ1) is 12.6. The highest BCUT2D eigenvalue weighted by Crippen LogP contribution is 2.66. The van der Waals surface area contributed by atoms with Gasteiger partial charge in [0.15, 0.2) is 0 Å². The normalized spacial score (nSPS) is 44.2. The molecule has 6 unspecified atom stereocenters. The van der Waals surface area contributed by atoms with Crippen LogP contribution in [0.2, 0.25) is 0 Å². The van der Waals surface area contributed by atoms with Crippen LogP contribution in [-0.2, 0) is 11.2 Å². The molecule has 4 aliphatic rings. The maximum atomic E-state index is 6.13. The summed E-state index contributed by atoms with van der Waals surface area (Å²) in [5.41, 5.74) is 4.44. The molecule has 0 spiro atoms. The number of allylic oxidation sites excluding steroid dienone is 2. The Morgan fingerprint density at radius 3 is 2.85 bits per heavy atom. The first-order valence-corrected chi connectivity index (χ1v) is 10.7. The standard InChI is InChI=1S/C23H32N2O/c1-4-15-13-24-14-20(25-15)19-7-6-17-16-5-8-21-23(3,11-12-26-21)18(16)9-10-22(17,19)2/h7,13-14,16-18,21H,4-6,8-12H2,1-3H3. The lowest BCUT2D eigenvalue weighted by molar-refractivity contribution is -0.0890. The van der Waals surface area contributed by atoms with E-state index in [1.54, 1.807) is 0 Å². The molecule has 3 heteroatoms. The van der Waals surface area contributed by atoms with E-state index in [9.17, 15) is 0 Å². The van der Waals surface area contributed by atoms with Gasteiger partial charge in [-0.2, -0.15) is 0 Å². The Morgan fingerprint density at radius 2 is 2.00 bits per heavy atom. The van der Waals surface area contributed by atoms with Crippen molar-refractivity contribution in [3.8, 4) is 0 Å². The van der Waals surface area contributed by atoms with Gasteiger partial charge in [-0.3, -0.25) is 4.98 Å². The highest BCUT2D eigenvalue weighted by molar-refractivity contribution is 5.70. The minimum Gasteiger partial charge on any atom is -0.378 e. The first kappa shape index (κ1) is 16.9. The van der Waals surface area contributed by atoms with E-state index in [0.29, 0.717) is 11.5 Å². The molecule has 26 heavy (non-hydrogen) atoms. The number of hydrogen-bond acceptors (Lipinski definition) is 3. The smallest absolute Gasteiger partial charge is 0.0850 e. The molecule has 0 aromatic carbocycles. The SMILES string of the molecule is CCc1cncc(C2=CCC3C4CCC5OCCC5(C)C4CCC23C)n1. The molecule has 0 bridgehead atoms. The summed E-state index contributed by atoms with van der Waals surface area (Å²) in [6.07, 6.45) is 15.7. The van der Waals surface area contributed by atoms with Crippen molar-refractivity contribution in [2.45, 2.75) is 71.8 Å². The van der Waals surface area contributed by atoms with Crippen molar-refractivity contribution in [2.75, 3.05) is 6.61 Å². The third kappa shape index (κ3) is 2.22. The first-order valence-electron chi connectivity index (χ1n) is 10.7. The van der Waals surface area contributed by atoms with Crippen LogP contribution in [0.4, 0.5) is 0 Å². The summed E-state index contributed by atoms with van der Waals surface area (Å²) in [6, 6.07) is 0. The number of rotatable bonds is 2. The van der Waals surface area contributed by atoms with Crippen LogP contribution in [0.5, 0.6) is 0 Å². The minimum absolute atomic E-state index is 0.283. The fourth-order valence-corrected chi connectivity index (χ4v) is 7.13. The lowest BCUT2D eigenvalue weighted by atomic mass is 9.48. The Hall–Kier alpha value is -1.22. The molecule has 5 rings (SSSR count). The minimum atomic E-state index is 0.283. The van der Waals surface area contributed by atoms with Crippen molar-refractivity contribution < 1.29 is 4.74 Å². The fraction of sp³-hybridized carbons (Fsp3) is 0.739. The van der Waals surface area contributed by atoms with Crippen LogP contribution in [0, 0.1) is 28.6 Å². The third-order valence-corrected chi connectivity index (χ3v) is 8.65. The van der Waals surface area contributed by atoms with Crippen LogP contribution in [0.3, 0.4) is 0 Å². The Kier molecular flexibility index (Phi) is 3.83. The molecule has 2 saturated carbocycles. The Morgan fingerprint density at radius 1 is 1.12 bits per heavy atom. The maximum absolute atomic E-state index is 6.13. The van der Waals surface area contributed by atoms with E-state index < -0.39 is 0 Å². The molecule has 1 aromatic rings. The zero-order valence-electron chi connectivity index (χ0n) is 16.5. The second kappa shape index (κ2) is 5.89. The zero-order valence-corrected chi connectivity index (χ0v) is 16.5. The van der Waals surface area contributed by atoms with Gasteiger partial charge in [0.05, 0.1) is 23.7 Å². The van der Waals surface area contributed by atoms with Crippen molar-refractivity contribution in [1.29, 1.82) is 0 Å². The van der Waals surface area contributed by atoms with E-state index in [-0.39, 0.29) is 5.41 Å². The van der Waals surface area contributed by atoms with Gasteiger partial charge in [-0.25, -0.2) is 4.98 Å². The molecule has 1 aliphatic heterocycles. The van der Waals surface area contributed by atoms with Crippen LogP contribution in [-0.4, -0.2) is 22.7 Å². The molecule has 0 amide bonds. The summed E-state index contributed by atoms with van der Waals surface area (Å²) in [4.78, 5) is 9.41. The van der Waals surface area contributed by atoms with Crippen LogP contribution in [0.1, 0.15) is 70.7 Å². The number of aryl methyl sites for hydroxylation is 1. The van der Waals surface area contributed by atoms with Gasteiger partial charge >= 0.3 is 0 Å². The van der Waals surface area contributed by atoms with E-state index in [4.69, 9.17) is 9.72 Å². The van der Waals surface area contributed by atoms with Gasteiger partial charge in [-0.05, 0) is 79.1 Å². The Bertz CT molecular complexity index is 743. The molecule has 3 nitrogen and oxygen atoms in total. The van der Waals surface area contributed by atoms with Gasteiger partial charge in [0.1, 0.15) is 0 Å². The number of nitrogens with zero attached hydrogens (tertiary/aromatic N) is 2. The number of ether oxygens (including phenoxy) is 1. The molecule has 2 heterocycles. The zero-order chi connectivity index (χ0) is 17.9. The fourth-order valence-electron chi connectivity index (χ4n) is 7.13. The van der Waals surface area contributed by atoms with Crippen LogP contribution in [0.25, 0.3) is 5.57 Å². The number of aromatic nitrogens is 2. The molecular formula is C23H32N2O. The monoisotopic (exact) mass is 352 g/mol. The number of fused-ring (bicyclic) bond motifs is 5. The summed E-state index contributed by atoms with van der Waals surface area (Å²) in [7, 11) is 0. The van der Waals surface area contributed by atoms with Gasteiger partial charge in [0, 0.05) is 12.8 Å². The van der Waals surface area contributed by atoms with Crippen LogP contribution >= 0.6 is 0 Å². The van der Waals surface area contributed by atoms with Crippen LogP contribution < -0.4 is 0 Å². The molecular weight excluding hydrogens is 320 g/mol. The molecule has 1 saturated heterocycles. The maximum Gasteiger partial charge on any atom is 0.0850 e. The predicted octanol–water partition coefficient (Wildman–Crippen LogP) is 5.06. The van der Waals surface area contributed by atoms with Crippen molar-refractivity contribution in [3.05, 3.63) is 29.9 Å². The quantitative estimate of drug-likeness (QED) is 0.746. The molecule has 1 aromatic heterocycles. The number of hydrogen-bond donors (Lipinski definition) is 0. The summed E-state index contributed by atoms with van der Waals surface area (Å²) >= 11 is 0. The van der Waals surface area contributed by atoms with Gasteiger partial charge in [-0.15, -0.1) is 0 Å². The average molecular weight is 353 g/mol. The lowest BCUT2D eigenvalue weighted by Crippen LogP contribution is -2.51. The van der Waals surface area contributed by atoms with Crippen molar-refractivity contribution in [3.63, 3.8) is 0 Å². The molecule has 0 radical (unpaired) electrons. The second-order valence-electron chi connectivity index (χ2n) is 9.63. The van der Waals surface area contributed by atoms with E-state index in [1.807, 2.05) is 12.4 Å². The van der Waals surface area contributed by atoms with Gasteiger partial charge < -0.3 is 4.74 Å². The van der Waals surface area contributed by atoms with Crippen molar-refractivity contribution in [2.24, 2.45) is 28.6 Å².